The number of benzene rings is 1. The Morgan fingerprint density at radius 3 is 2.88 bits per heavy atom. The molecule has 1 aromatic carbocycles. The van der Waals surface area contributed by atoms with Gasteiger partial charge in [0.2, 0.25) is 15.9 Å². The minimum absolute atomic E-state index is 0.0238. The molecule has 1 aromatic heterocycles. The number of hydrogen-bond acceptors (Lipinski definition) is 5. The van der Waals surface area contributed by atoms with Gasteiger partial charge in [-0.25, -0.2) is 13.6 Å². The van der Waals surface area contributed by atoms with Crippen molar-refractivity contribution in [3.8, 4) is 0 Å². The van der Waals surface area contributed by atoms with E-state index in [1.165, 1.54) is 6.07 Å². The number of rotatable bonds is 5. The first-order valence-electron chi connectivity index (χ1n) is 7.58. The third-order valence-electron chi connectivity index (χ3n) is 4.05. The van der Waals surface area contributed by atoms with Crippen LogP contribution in [0.1, 0.15) is 23.4 Å². The summed E-state index contributed by atoms with van der Waals surface area (Å²) in [6.07, 6.45) is 0.701. The number of hydrogen-bond donors (Lipinski definition) is 2. The number of nitrogens with two attached hydrogens (primary N) is 1. The molecule has 0 spiro atoms. The first kappa shape index (κ1) is 16.9. The lowest BCUT2D eigenvalue weighted by molar-refractivity contribution is -0.120. The van der Waals surface area contributed by atoms with E-state index in [2.05, 4.69) is 5.32 Å². The van der Waals surface area contributed by atoms with Gasteiger partial charge >= 0.3 is 0 Å². The van der Waals surface area contributed by atoms with Gasteiger partial charge < -0.3 is 10.2 Å². The predicted molar refractivity (Wildman–Crippen MR) is 94.6 cm³/mol. The fourth-order valence-corrected chi connectivity index (χ4v) is 4.16. The van der Waals surface area contributed by atoms with Crippen molar-refractivity contribution in [2.75, 3.05) is 18.0 Å². The highest BCUT2D eigenvalue weighted by Gasteiger charge is 2.23. The summed E-state index contributed by atoms with van der Waals surface area (Å²) in [6, 6.07) is 8.73. The van der Waals surface area contributed by atoms with Crippen LogP contribution in [0.4, 0.5) is 5.69 Å². The van der Waals surface area contributed by atoms with Crippen molar-refractivity contribution < 1.29 is 13.2 Å². The molecular formula is C16H19N3O3S2. The van der Waals surface area contributed by atoms with Crippen molar-refractivity contribution in [2.45, 2.75) is 24.3 Å². The number of primary sulfonamides is 1. The molecule has 24 heavy (non-hydrogen) atoms. The maximum atomic E-state index is 12.3. The van der Waals surface area contributed by atoms with Gasteiger partial charge in [0.25, 0.3) is 0 Å². The number of nitrogens with one attached hydrogen (secondary N) is 1. The van der Waals surface area contributed by atoms with E-state index < -0.39 is 10.0 Å². The van der Waals surface area contributed by atoms with Crippen molar-refractivity contribution in [3.05, 3.63) is 46.2 Å². The Labute approximate surface area is 145 Å². The SMILES string of the molecule is C[C@@H](NC(=O)CN1CCc2cc(S(N)(=O)=O)ccc21)c1cccs1. The molecular weight excluding hydrogens is 346 g/mol. The van der Waals surface area contributed by atoms with Crippen LogP contribution < -0.4 is 15.4 Å². The molecule has 2 aromatic rings. The van der Waals surface area contributed by atoms with E-state index in [0.717, 1.165) is 16.1 Å². The maximum Gasteiger partial charge on any atom is 0.240 e. The van der Waals surface area contributed by atoms with E-state index in [-0.39, 0.29) is 23.4 Å². The van der Waals surface area contributed by atoms with Crippen LogP contribution in [0.15, 0.2) is 40.6 Å². The summed E-state index contributed by atoms with van der Waals surface area (Å²) in [5, 5.41) is 10.1. The molecule has 0 saturated heterocycles. The Bertz CT molecular complexity index is 847. The van der Waals surface area contributed by atoms with Crippen LogP contribution >= 0.6 is 11.3 Å². The molecule has 0 aliphatic carbocycles. The van der Waals surface area contributed by atoms with Crippen LogP contribution in [0.2, 0.25) is 0 Å². The Kier molecular flexibility index (Phi) is 4.62. The number of amides is 1. The van der Waals surface area contributed by atoms with Crippen LogP contribution in [0.25, 0.3) is 0 Å². The Hall–Kier alpha value is -1.90. The fourth-order valence-electron chi connectivity index (χ4n) is 2.86. The maximum absolute atomic E-state index is 12.3. The van der Waals surface area contributed by atoms with Crippen molar-refractivity contribution in [2.24, 2.45) is 5.14 Å². The molecule has 1 amide bonds. The largest absolute Gasteiger partial charge is 0.362 e. The third kappa shape index (κ3) is 3.61. The van der Waals surface area contributed by atoms with Crippen molar-refractivity contribution in [1.29, 1.82) is 0 Å². The average molecular weight is 365 g/mol. The topological polar surface area (TPSA) is 92.5 Å². The summed E-state index contributed by atoms with van der Waals surface area (Å²) >= 11 is 1.61. The fraction of sp³-hybridized carbons (Fsp3) is 0.312. The Morgan fingerprint density at radius 1 is 1.42 bits per heavy atom. The van der Waals surface area contributed by atoms with E-state index in [1.807, 2.05) is 29.3 Å². The summed E-state index contributed by atoms with van der Waals surface area (Å²) in [5.74, 6) is -0.0562. The number of fused-ring (bicyclic) bond motifs is 1. The minimum Gasteiger partial charge on any atom is -0.362 e. The summed E-state index contributed by atoms with van der Waals surface area (Å²) in [7, 11) is -3.70. The van der Waals surface area contributed by atoms with E-state index in [1.54, 1.807) is 23.5 Å². The highest BCUT2D eigenvalue weighted by atomic mass is 32.2. The molecule has 3 N–H and O–H groups in total. The van der Waals surface area contributed by atoms with Crippen LogP contribution in [0, 0.1) is 0 Å². The summed E-state index contributed by atoms with van der Waals surface area (Å²) in [5.41, 5.74) is 1.79. The van der Waals surface area contributed by atoms with Gasteiger partial charge in [-0.3, -0.25) is 4.79 Å². The van der Waals surface area contributed by atoms with Gasteiger partial charge in [0.1, 0.15) is 0 Å². The highest BCUT2D eigenvalue weighted by molar-refractivity contribution is 7.89. The monoisotopic (exact) mass is 365 g/mol. The van der Waals surface area contributed by atoms with Gasteiger partial charge in [0, 0.05) is 17.1 Å². The normalized spacial score (nSPS) is 15.2. The van der Waals surface area contributed by atoms with Gasteiger partial charge in [-0.15, -0.1) is 11.3 Å². The molecule has 0 unspecified atom stereocenters. The first-order chi connectivity index (χ1) is 11.3. The van der Waals surface area contributed by atoms with Crippen molar-refractivity contribution in [3.63, 3.8) is 0 Å². The lowest BCUT2D eigenvalue weighted by Crippen LogP contribution is -2.37. The molecule has 0 radical (unpaired) electrons. The van der Waals surface area contributed by atoms with Gasteiger partial charge in [-0.05, 0) is 48.6 Å². The van der Waals surface area contributed by atoms with Gasteiger partial charge in [-0.2, -0.15) is 0 Å². The number of sulfonamides is 1. The lowest BCUT2D eigenvalue weighted by Gasteiger charge is -2.20. The Morgan fingerprint density at radius 2 is 2.21 bits per heavy atom. The first-order valence-corrected chi connectivity index (χ1v) is 10.0. The second-order valence-electron chi connectivity index (χ2n) is 5.81. The molecule has 128 valence electrons. The van der Waals surface area contributed by atoms with Crippen LogP contribution in [0.5, 0.6) is 0 Å². The lowest BCUT2D eigenvalue weighted by atomic mass is 10.2. The summed E-state index contributed by atoms with van der Waals surface area (Å²) in [6.45, 7) is 2.89. The molecule has 1 aliphatic rings. The second kappa shape index (κ2) is 6.54. The number of nitrogens with zero attached hydrogens (tertiary/aromatic N) is 1. The molecule has 2 heterocycles. The number of anilines is 1. The summed E-state index contributed by atoms with van der Waals surface area (Å²) < 4.78 is 22.9. The Balaban J connectivity index is 1.67. The molecule has 1 atom stereocenters. The second-order valence-corrected chi connectivity index (χ2v) is 8.35. The van der Waals surface area contributed by atoms with Gasteiger partial charge in [0.15, 0.2) is 0 Å². The zero-order chi connectivity index (χ0) is 17.3. The van der Waals surface area contributed by atoms with Crippen molar-refractivity contribution in [1.82, 2.24) is 5.32 Å². The molecule has 1 aliphatic heterocycles. The molecule has 3 rings (SSSR count). The highest BCUT2D eigenvalue weighted by Crippen LogP contribution is 2.29. The average Bonchev–Trinajstić information content (AvgIpc) is 3.16. The zero-order valence-electron chi connectivity index (χ0n) is 13.2. The molecule has 6 nitrogen and oxygen atoms in total. The molecule has 0 fully saturated rings. The quantitative estimate of drug-likeness (QED) is 0.842. The third-order valence-corrected chi connectivity index (χ3v) is 6.02. The van der Waals surface area contributed by atoms with Gasteiger partial charge in [0.05, 0.1) is 17.5 Å². The molecule has 0 saturated carbocycles. The van der Waals surface area contributed by atoms with E-state index >= 15 is 0 Å². The van der Waals surface area contributed by atoms with Crippen LogP contribution in [-0.4, -0.2) is 27.4 Å². The number of thiophene rings is 1. The molecule has 8 heteroatoms. The van der Waals surface area contributed by atoms with Gasteiger partial charge in [-0.1, -0.05) is 6.07 Å². The van der Waals surface area contributed by atoms with E-state index in [4.69, 9.17) is 5.14 Å². The standard InChI is InChI=1S/C16H19N3O3S2/c1-11(15-3-2-8-23-15)18-16(20)10-19-7-6-12-9-13(24(17,21)22)4-5-14(12)19/h2-5,8-9,11H,6-7,10H2,1H3,(H,18,20)(H2,17,21,22)/t11-/m1/s1. The molecule has 0 bridgehead atoms. The van der Waals surface area contributed by atoms with Crippen LogP contribution in [-0.2, 0) is 21.2 Å². The zero-order valence-corrected chi connectivity index (χ0v) is 14.9. The summed E-state index contributed by atoms with van der Waals surface area (Å²) in [4.78, 5) is 15.5. The predicted octanol–water partition coefficient (Wildman–Crippen LogP) is 1.64. The van der Waals surface area contributed by atoms with E-state index in [0.29, 0.717) is 13.0 Å². The number of carbonyl (C=O) groups excluding carboxylic acids is 1. The number of carbonyl (C=O) groups is 1. The smallest absolute Gasteiger partial charge is 0.240 e. The minimum atomic E-state index is -3.70. The van der Waals surface area contributed by atoms with Crippen LogP contribution in [0.3, 0.4) is 0 Å². The van der Waals surface area contributed by atoms with E-state index in [9.17, 15) is 13.2 Å². The van der Waals surface area contributed by atoms with Crippen molar-refractivity contribution >= 4 is 33.0 Å².